The maximum Gasteiger partial charge on any atom is 0.281 e. The van der Waals surface area contributed by atoms with Crippen molar-refractivity contribution in [2.45, 2.75) is 0 Å². The molecule has 0 aliphatic rings. The highest BCUT2D eigenvalue weighted by Gasteiger charge is 2.22. The minimum atomic E-state index is -0.249. The zero-order valence-corrected chi connectivity index (χ0v) is 18.2. The molecule has 0 aliphatic carbocycles. The minimum Gasteiger partial charge on any atom is -0.463 e. The summed E-state index contributed by atoms with van der Waals surface area (Å²) in [7, 11) is 0. The lowest BCUT2D eigenvalue weighted by atomic mass is 10.2. The van der Waals surface area contributed by atoms with Crippen molar-refractivity contribution in [3.8, 4) is 0 Å². The molecule has 5 nitrogen and oxygen atoms in total. The van der Waals surface area contributed by atoms with Gasteiger partial charge in [0.2, 0.25) is 5.13 Å². The van der Waals surface area contributed by atoms with Crippen molar-refractivity contribution in [1.82, 2.24) is 4.98 Å². The molecule has 0 spiro atoms. The molecular weight excluding hydrogens is 541 g/mol. The summed E-state index contributed by atoms with van der Waals surface area (Å²) in [5, 5.41) is 6.18. The molecule has 0 N–H and O–H groups in total. The summed E-state index contributed by atoms with van der Waals surface area (Å²) in [6, 6.07) is 16.7. The molecule has 4 rings (SSSR count). The zero-order chi connectivity index (χ0) is 18.8. The SMILES string of the molecule is O=C(c1ccccc1I)N(/N=C/c1ccco1)c1nc2ccc(Br)cc2s1. The van der Waals surface area contributed by atoms with Crippen molar-refractivity contribution in [2.75, 3.05) is 5.01 Å². The Balaban J connectivity index is 1.79. The normalized spacial score (nSPS) is 11.3. The van der Waals surface area contributed by atoms with Crippen molar-refractivity contribution in [1.29, 1.82) is 0 Å². The van der Waals surface area contributed by atoms with Crippen molar-refractivity contribution in [3.63, 3.8) is 0 Å². The van der Waals surface area contributed by atoms with Gasteiger partial charge in [-0.05, 0) is 65.1 Å². The number of halogens is 2. The van der Waals surface area contributed by atoms with Gasteiger partial charge in [0.15, 0.2) is 0 Å². The van der Waals surface area contributed by atoms with E-state index in [1.807, 2.05) is 36.4 Å². The first kappa shape index (κ1) is 18.3. The molecule has 4 aromatic rings. The number of carbonyl (C=O) groups excluding carboxylic acids is 1. The molecule has 0 unspecified atom stereocenters. The predicted molar refractivity (Wildman–Crippen MR) is 120 cm³/mol. The number of hydrogen-bond donors (Lipinski definition) is 0. The van der Waals surface area contributed by atoms with Crippen LogP contribution in [0.3, 0.4) is 0 Å². The van der Waals surface area contributed by atoms with Crippen molar-refractivity contribution in [2.24, 2.45) is 5.10 Å². The number of fused-ring (bicyclic) bond motifs is 1. The molecule has 1 amide bonds. The van der Waals surface area contributed by atoms with Crippen LogP contribution in [-0.4, -0.2) is 17.1 Å². The highest BCUT2D eigenvalue weighted by atomic mass is 127. The van der Waals surface area contributed by atoms with Crippen LogP contribution >= 0.6 is 49.9 Å². The van der Waals surface area contributed by atoms with Crippen LogP contribution in [0.1, 0.15) is 16.1 Å². The first-order chi connectivity index (χ1) is 13.1. The standard InChI is InChI=1S/C19H11BrIN3O2S/c20-12-7-8-16-17(10-12)27-19(23-16)24(22-11-13-4-3-9-26-13)18(25)14-5-1-2-6-15(14)21/h1-11H/b22-11+. The number of rotatable bonds is 4. The van der Waals surface area contributed by atoms with E-state index in [-0.39, 0.29) is 5.91 Å². The van der Waals surface area contributed by atoms with Crippen molar-refractivity contribution >= 4 is 77.3 Å². The van der Waals surface area contributed by atoms with Crippen LogP contribution in [0.15, 0.2) is 74.9 Å². The second-order valence-corrected chi connectivity index (χ2v) is 8.55. The Hall–Kier alpha value is -2.04. The molecule has 0 radical (unpaired) electrons. The first-order valence-electron chi connectivity index (χ1n) is 7.84. The summed E-state index contributed by atoms with van der Waals surface area (Å²) in [5.41, 5.74) is 1.38. The molecule has 0 bridgehead atoms. The van der Waals surface area contributed by atoms with E-state index in [0.717, 1.165) is 18.3 Å². The fourth-order valence-electron chi connectivity index (χ4n) is 2.39. The molecule has 134 valence electrons. The Kier molecular flexibility index (Phi) is 5.37. The molecule has 0 aliphatic heterocycles. The van der Waals surface area contributed by atoms with Crippen LogP contribution in [0.4, 0.5) is 5.13 Å². The van der Waals surface area contributed by atoms with Gasteiger partial charge in [-0.15, -0.1) is 0 Å². The summed E-state index contributed by atoms with van der Waals surface area (Å²) < 4.78 is 8.06. The average molecular weight is 552 g/mol. The Morgan fingerprint density at radius 1 is 1.22 bits per heavy atom. The predicted octanol–water partition coefficient (Wildman–Crippen LogP) is 5.94. The Morgan fingerprint density at radius 2 is 2.07 bits per heavy atom. The molecule has 27 heavy (non-hydrogen) atoms. The van der Waals surface area contributed by atoms with E-state index in [2.05, 4.69) is 48.6 Å². The fraction of sp³-hybridized carbons (Fsp3) is 0. The molecular formula is C19H11BrIN3O2S. The number of anilines is 1. The van der Waals surface area contributed by atoms with Crippen molar-refractivity contribution < 1.29 is 9.21 Å². The van der Waals surface area contributed by atoms with Crippen LogP contribution in [0, 0.1) is 3.57 Å². The second-order valence-electron chi connectivity index (χ2n) is 5.47. The van der Waals surface area contributed by atoms with Gasteiger partial charge in [-0.25, -0.2) is 4.98 Å². The van der Waals surface area contributed by atoms with Crippen LogP contribution in [0.2, 0.25) is 0 Å². The number of aromatic nitrogens is 1. The molecule has 2 aromatic carbocycles. The highest BCUT2D eigenvalue weighted by molar-refractivity contribution is 14.1. The lowest BCUT2D eigenvalue weighted by Crippen LogP contribution is -2.26. The third-order valence-corrected chi connectivity index (χ3v) is 6.09. The minimum absolute atomic E-state index is 0.249. The Bertz CT molecular complexity index is 1140. The first-order valence-corrected chi connectivity index (χ1v) is 10.5. The number of carbonyl (C=O) groups is 1. The van der Waals surface area contributed by atoms with Gasteiger partial charge in [0.1, 0.15) is 5.76 Å². The van der Waals surface area contributed by atoms with E-state index >= 15 is 0 Å². The van der Waals surface area contributed by atoms with Gasteiger partial charge >= 0.3 is 0 Å². The van der Waals surface area contributed by atoms with E-state index < -0.39 is 0 Å². The third kappa shape index (κ3) is 3.97. The van der Waals surface area contributed by atoms with Crippen LogP contribution < -0.4 is 5.01 Å². The van der Waals surface area contributed by atoms with Gasteiger partial charge in [0, 0.05) is 8.04 Å². The smallest absolute Gasteiger partial charge is 0.281 e. The number of amides is 1. The van der Waals surface area contributed by atoms with Crippen LogP contribution in [-0.2, 0) is 0 Å². The van der Waals surface area contributed by atoms with Gasteiger partial charge in [0.05, 0.1) is 28.3 Å². The molecule has 0 saturated carbocycles. The summed E-state index contributed by atoms with van der Waals surface area (Å²) in [4.78, 5) is 17.8. The van der Waals surface area contributed by atoms with Crippen LogP contribution in [0.25, 0.3) is 10.2 Å². The third-order valence-electron chi connectivity index (χ3n) is 3.66. The van der Waals surface area contributed by atoms with Gasteiger partial charge in [-0.3, -0.25) is 4.79 Å². The summed E-state index contributed by atoms with van der Waals surface area (Å²) in [5.74, 6) is 0.306. The number of thiazole rings is 1. The van der Waals surface area contributed by atoms with Gasteiger partial charge in [-0.1, -0.05) is 39.4 Å². The van der Waals surface area contributed by atoms with E-state index in [9.17, 15) is 4.79 Å². The summed E-state index contributed by atoms with van der Waals surface area (Å²) >= 11 is 7.01. The number of nitrogens with zero attached hydrogens (tertiary/aromatic N) is 3. The largest absolute Gasteiger partial charge is 0.463 e. The monoisotopic (exact) mass is 551 g/mol. The maximum absolute atomic E-state index is 13.2. The van der Waals surface area contributed by atoms with E-state index in [0.29, 0.717) is 16.5 Å². The second kappa shape index (κ2) is 7.91. The number of hydrogen-bond acceptors (Lipinski definition) is 5. The van der Waals surface area contributed by atoms with Crippen molar-refractivity contribution in [3.05, 3.63) is 80.2 Å². The molecule has 0 saturated heterocycles. The van der Waals surface area contributed by atoms with E-state index in [1.54, 1.807) is 24.5 Å². The topological polar surface area (TPSA) is 58.7 Å². The summed E-state index contributed by atoms with van der Waals surface area (Å²) in [6.07, 6.45) is 3.07. The van der Waals surface area contributed by atoms with E-state index in [1.165, 1.54) is 22.6 Å². The van der Waals surface area contributed by atoms with Gasteiger partial charge < -0.3 is 4.42 Å². The van der Waals surface area contributed by atoms with Crippen LogP contribution in [0.5, 0.6) is 0 Å². The highest BCUT2D eigenvalue weighted by Crippen LogP contribution is 2.32. The maximum atomic E-state index is 13.2. The molecule has 2 aromatic heterocycles. The average Bonchev–Trinajstić information content (AvgIpc) is 3.31. The zero-order valence-electron chi connectivity index (χ0n) is 13.7. The number of furan rings is 1. The molecule has 0 atom stereocenters. The van der Waals surface area contributed by atoms with Gasteiger partial charge in [-0.2, -0.15) is 10.1 Å². The Morgan fingerprint density at radius 3 is 2.85 bits per heavy atom. The molecule has 0 fully saturated rings. The van der Waals surface area contributed by atoms with E-state index in [4.69, 9.17) is 4.42 Å². The number of benzene rings is 2. The number of hydrazone groups is 1. The molecule has 8 heteroatoms. The quantitative estimate of drug-likeness (QED) is 0.179. The summed E-state index contributed by atoms with van der Waals surface area (Å²) in [6.45, 7) is 0. The lowest BCUT2D eigenvalue weighted by molar-refractivity contribution is 0.0987. The van der Waals surface area contributed by atoms with Gasteiger partial charge in [0.25, 0.3) is 5.91 Å². The lowest BCUT2D eigenvalue weighted by Gasteiger charge is -2.14. The molecule has 2 heterocycles. The fourth-order valence-corrected chi connectivity index (χ4v) is 4.49. The Labute approximate surface area is 181 Å².